The van der Waals surface area contributed by atoms with Gasteiger partial charge in [0.25, 0.3) is 5.91 Å². The Hall–Kier alpha value is -2.17. The lowest BCUT2D eigenvalue weighted by molar-refractivity contribution is 0.102. The fourth-order valence-corrected chi connectivity index (χ4v) is 2.70. The van der Waals surface area contributed by atoms with Gasteiger partial charge in [-0.3, -0.25) is 9.69 Å². The van der Waals surface area contributed by atoms with Crippen LogP contribution in [0, 0.1) is 0 Å². The van der Waals surface area contributed by atoms with Crippen LogP contribution in [0.4, 0.5) is 5.69 Å². The van der Waals surface area contributed by atoms with Crippen LogP contribution >= 0.6 is 0 Å². The molecule has 4 nitrogen and oxygen atoms in total. The number of β-amino-alcohol motifs (C(OH)–C–C–N with tert-alkyl or cyclic N) is 1. The zero-order chi connectivity index (χ0) is 15.4. The third-order valence-electron chi connectivity index (χ3n) is 3.90. The van der Waals surface area contributed by atoms with Gasteiger partial charge < -0.3 is 10.4 Å². The summed E-state index contributed by atoms with van der Waals surface area (Å²) in [6.45, 7) is 2.48. The summed E-state index contributed by atoms with van der Waals surface area (Å²) in [5.74, 6) is -0.102. The van der Waals surface area contributed by atoms with E-state index in [4.69, 9.17) is 0 Å². The lowest BCUT2D eigenvalue weighted by atomic mass is 10.1. The maximum Gasteiger partial charge on any atom is 0.255 e. The number of hydrogen-bond acceptors (Lipinski definition) is 3. The zero-order valence-corrected chi connectivity index (χ0v) is 12.4. The van der Waals surface area contributed by atoms with Crippen molar-refractivity contribution in [2.45, 2.75) is 19.1 Å². The molecule has 0 aliphatic carbocycles. The molecular weight excluding hydrogens is 276 g/mol. The first-order chi connectivity index (χ1) is 10.7. The SMILES string of the molecule is O=C(Nc1ccccc1)c1ccc(CN2CC[C@@H](O)C2)cc1. The van der Waals surface area contributed by atoms with Crippen molar-refractivity contribution in [3.05, 3.63) is 65.7 Å². The number of aliphatic hydroxyl groups is 1. The van der Waals surface area contributed by atoms with Gasteiger partial charge in [-0.1, -0.05) is 30.3 Å². The molecule has 0 aromatic heterocycles. The molecule has 0 spiro atoms. The molecule has 1 saturated heterocycles. The number of nitrogens with one attached hydrogen (secondary N) is 1. The second-order valence-electron chi connectivity index (χ2n) is 5.69. The van der Waals surface area contributed by atoms with Crippen LogP contribution in [0.25, 0.3) is 0 Å². The third kappa shape index (κ3) is 3.72. The molecule has 22 heavy (non-hydrogen) atoms. The first kappa shape index (κ1) is 14.8. The highest BCUT2D eigenvalue weighted by molar-refractivity contribution is 6.04. The van der Waals surface area contributed by atoms with Crippen molar-refractivity contribution in [3.8, 4) is 0 Å². The van der Waals surface area contributed by atoms with E-state index in [1.165, 1.54) is 0 Å². The first-order valence-electron chi connectivity index (χ1n) is 7.56. The van der Waals surface area contributed by atoms with E-state index in [-0.39, 0.29) is 12.0 Å². The highest BCUT2D eigenvalue weighted by Gasteiger charge is 2.19. The number of para-hydroxylation sites is 1. The highest BCUT2D eigenvalue weighted by atomic mass is 16.3. The summed E-state index contributed by atoms with van der Waals surface area (Å²) in [7, 11) is 0. The molecule has 1 aliphatic rings. The van der Waals surface area contributed by atoms with Crippen LogP contribution in [0.5, 0.6) is 0 Å². The molecule has 114 valence electrons. The summed E-state index contributed by atoms with van der Waals surface area (Å²) in [4.78, 5) is 14.4. The topological polar surface area (TPSA) is 52.6 Å². The number of hydrogen-bond donors (Lipinski definition) is 2. The van der Waals surface area contributed by atoms with Gasteiger partial charge in [0.05, 0.1) is 6.10 Å². The first-order valence-corrected chi connectivity index (χ1v) is 7.56. The van der Waals surface area contributed by atoms with Gasteiger partial charge in [-0.05, 0) is 36.2 Å². The van der Waals surface area contributed by atoms with E-state index >= 15 is 0 Å². The van der Waals surface area contributed by atoms with E-state index in [9.17, 15) is 9.90 Å². The summed E-state index contributed by atoms with van der Waals surface area (Å²) < 4.78 is 0. The molecule has 4 heteroatoms. The van der Waals surface area contributed by atoms with Gasteiger partial charge >= 0.3 is 0 Å². The minimum absolute atomic E-state index is 0.102. The Balaban J connectivity index is 1.60. The molecule has 0 unspecified atom stereocenters. The van der Waals surface area contributed by atoms with Crippen LogP contribution in [0.3, 0.4) is 0 Å². The lowest BCUT2D eigenvalue weighted by Gasteiger charge is -2.15. The maximum atomic E-state index is 12.2. The number of amides is 1. The molecule has 2 aromatic carbocycles. The lowest BCUT2D eigenvalue weighted by Crippen LogP contribution is -2.21. The van der Waals surface area contributed by atoms with Crippen LogP contribution < -0.4 is 5.32 Å². The van der Waals surface area contributed by atoms with Gasteiger partial charge in [0.2, 0.25) is 0 Å². The fourth-order valence-electron chi connectivity index (χ4n) is 2.70. The minimum Gasteiger partial charge on any atom is -0.392 e. The van der Waals surface area contributed by atoms with Gasteiger partial charge in [0, 0.05) is 30.9 Å². The van der Waals surface area contributed by atoms with E-state index < -0.39 is 0 Å². The van der Waals surface area contributed by atoms with E-state index in [0.717, 1.165) is 37.3 Å². The molecule has 1 amide bonds. The largest absolute Gasteiger partial charge is 0.392 e. The predicted molar refractivity (Wildman–Crippen MR) is 86.7 cm³/mol. The number of nitrogens with zero attached hydrogens (tertiary/aromatic N) is 1. The number of aliphatic hydroxyl groups excluding tert-OH is 1. The quantitative estimate of drug-likeness (QED) is 0.911. The van der Waals surface area contributed by atoms with Crippen molar-refractivity contribution in [2.75, 3.05) is 18.4 Å². The molecule has 0 radical (unpaired) electrons. The smallest absolute Gasteiger partial charge is 0.255 e. The van der Waals surface area contributed by atoms with Crippen LogP contribution in [0.15, 0.2) is 54.6 Å². The van der Waals surface area contributed by atoms with E-state index in [0.29, 0.717) is 5.56 Å². The predicted octanol–water partition coefficient (Wildman–Crippen LogP) is 2.51. The average Bonchev–Trinajstić information content (AvgIpc) is 2.94. The fraction of sp³-hybridized carbons (Fsp3) is 0.278. The monoisotopic (exact) mass is 296 g/mol. The summed E-state index contributed by atoms with van der Waals surface area (Å²) in [5.41, 5.74) is 2.60. The molecule has 3 rings (SSSR count). The Kier molecular flexibility index (Phi) is 4.51. The Bertz CT molecular complexity index is 625. The molecule has 2 N–H and O–H groups in total. The normalized spacial score (nSPS) is 18.3. The number of rotatable bonds is 4. The minimum atomic E-state index is -0.198. The molecule has 1 atom stereocenters. The summed E-state index contributed by atoms with van der Waals surface area (Å²) in [5, 5.41) is 12.4. The Morgan fingerprint density at radius 1 is 1.14 bits per heavy atom. The Morgan fingerprint density at radius 3 is 2.50 bits per heavy atom. The molecular formula is C18H20N2O2. The van der Waals surface area contributed by atoms with Crippen molar-refractivity contribution in [1.29, 1.82) is 0 Å². The average molecular weight is 296 g/mol. The highest BCUT2D eigenvalue weighted by Crippen LogP contribution is 2.15. The maximum absolute atomic E-state index is 12.2. The molecule has 2 aromatic rings. The summed E-state index contributed by atoms with van der Waals surface area (Å²) in [6.07, 6.45) is 0.647. The molecule has 1 aliphatic heterocycles. The second-order valence-corrected chi connectivity index (χ2v) is 5.69. The molecule has 0 bridgehead atoms. The van der Waals surface area contributed by atoms with E-state index in [1.54, 1.807) is 0 Å². The van der Waals surface area contributed by atoms with Crippen molar-refractivity contribution in [2.24, 2.45) is 0 Å². The molecule has 1 heterocycles. The Morgan fingerprint density at radius 2 is 1.86 bits per heavy atom. The van der Waals surface area contributed by atoms with Gasteiger partial charge in [0.1, 0.15) is 0 Å². The van der Waals surface area contributed by atoms with Crippen molar-refractivity contribution in [3.63, 3.8) is 0 Å². The summed E-state index contributed by atoms with van der Waals surface area (Å²) in [6, 6.07) is 17.1. The number of benzene rings is 2. The summed E-state index contributed by atoms with van der Waals surface area (Å²) >= 11 is 0. The molecule has 0 saturated carbocycles. The third-order valence-corrected chi connectivity index (χ3v) is 3.90. The van der Waals surface area contributed by atoms with Crippen molar-refractivity contribution >= 4 is 11.6 Å². The van der Waals surface area contributed by atoms with Crippen molar-refractivity contribution < 1.29 is 9.90 Å². The van der Waals surface area contributed by atoms with Crippen LogP contribution in [-0.2, 0) is 6.54 Å². The molecule has 1 fully saturated rings. The van der Waals surface area contributed by atoms with Crippen molar-refractivity contribution in [1.82, 2.24) is 4.90 Å². The number of anilines is 1. The standard InChI is InChI=1S/C18H20N2O2/c21-17-10-11-20(13-17)12-14-6-8-15(9-7-14)18(22)19-16-4-2-1-3-5-16/h1-9,17,21H,10-13H2,(H,19,22)/t17-/m1/s1. The number of carbonyl (C=O) groups is 1. The number of likely N-dealkylation sites (tertiary alicyclic amines) is 1. The van der Waals surface area contributed by atoms with Crippen LogP contribution in [0.1, 0.15) is 22.3 Å². The van der Waals surface area contributed by atoms with Gasteiger partial charge in [-0.2, -0.15) is 0 Å². The zero-order valence-electron chi connectivity index (χ0n) is 12.4. The number of carbonyl (C=O) groups excluding carboxylic acids is 1. The van der Waals surface area contributed by atoms with Crippen LogP contribution in [0.2, 0.25) is 0 Å². The van der Waals surface area contributed by atoms with Gasteiger partial charge in [0.15, 0.2) is 0 Å². The second kappa shape index (κ2) is 6.73. The van der Waals surface area contributed by atoms with Crippen LogP contribution in [-0.4, -0.2) is 35.1 Å². The van der Waals surface area contributed by atoms with Gasteiger partial charge in [-0.15, -0.1) is 0 Å². The van der Waals surface area contributed by atoms with E-state index in [1.807, 2.05) is 54.6 Å². The Labute approximate surface area is 130 Å². The van der Waals surface area contributed by atoms with E-state index in [2.05, 4.69) is 10.2 Å². The van der Waals surface area contributed by atoms with Gasteiger partial charge in [-0.25, -0.2) is 0 Å².